The van der Waals surface area contributed by atoms with Crippen molar-refractivity contribution in [3.63, 3.8) is 0 Å². The standard InChI is InChI=1S/C13H17FN2O2/c1-2-3-8-16(9-4-5-9)12-11(14)10(13(17)18)6-7-15-12/h6-7,9H,2-5,8H2,1H3,(H,17,18). The van der Waals surface area contributed by atoms with Crippen molar-refractivity contribution in [3.05, 3.63) is 23.6 Å². The number of pyridine rings is 1. The topological polar surface area (TPSA) is 53.4 Å². The van der Waals surface area contributed by atoms with Crippen molar-refractivity contribution >= 4 is 11.8 Å². The van der Waals surface area contributed by atoms with E-state index in [0.717, 1.165) is 32.2 Å². The van der Waals surface area contributed by atoms with Crippen LogP contribution in [0.1, 0.15) is 43.0 Å². The molecule has 1 N–H and O–H groups in total. The Balaban J connectivity index is 2.29. The highest BCUT2D eigenvalue weighted by molar-refractivity contribution is 5.88. The Morgan fingerprint density at radius 3 is 2.89 bits per heavy atom. The Bertz CT molecular complexity index is 447. The van der Waals surface area contributed by atoms with Gasteiger partial charge in [0, 0.05) is 18.8 Å². The molecule has 0 spiro atoms. The lowest BCUT2D eigenvalue weighted by atomic mass is 10.2. The van der Waals surface area contributed by atoms with Crippen LogP contribution in [0.15, 0.2) is 12.3 Å². The second-order valence-electron chi connectivity index (χ2n) is 4.58. The maximum Gasteiger partial charge on any atom is 0.338 e. The van der Waals surface area contributed by atoms with Crippen LogP contribution < -0.4 is 4.90 Å². The van der Waals surface area contributed by atoms with Crippen LogP contribution in [0.25, 0.3) is 0 Å². The lowest BCUT2D eigenvalue weighted by Crippen LogP contribution is -2.29. The molecule has 0 aliphatic heterocycles. The van der Waals surface area contributed by atoms with Crippen LogP contribution in [0.4, 0.5) is 10.2 Å². The number of carboxylic acids is 1. The Morgan fingerprint density at radius 2 is 2.33 bits per heavy atom. The largest absolute Gasteiger partial charge is 0.478 e. The van der Waals surface area contributed by atoms with E-state index in [9.17, 15) is 9.18 Å². The van der Waals surface area contributed by atoms with Crippen LogP contribution in [0.5, 0.6) is 0 Å². The van der Waals surface area contributed by atoms with Crippen LogP contribution in [0.3, 0.4) is 0 Å². The molecular formula is C13H17FN2O2. The van der Waals surface area contributed by atoms with E-state index in [1.165, 1.54) is 12.3 Å². The first-order chi connectivity index (χ1) is 8.65. The Hall–Kier alpha value is -1.65. The second-order valence-corrected chi connectivity index (χ2v) is 4.58. The fourth-order valence-corrected chi connectivity index (χ4v) is 1.97. The minimum atomic E-state index is -1.25. The van der Waals surface area contributed by atoms with Gasteiger partial charge in [0.25, 0.3) is 0 Å². The average Bonchev–Trinajstić information content (AvgIpc) is 3.15. The molecule has 0 saturated heterocycles. The normalized spacial score (nSPS) is 14.6. The number of anilines is 1. The third kappa shape index (κ3) is 2.60. The molecule has 0 amide bonds. The van der Waals surface area contributed by atoms with E-state index in [4.69, 9.17) is 5.11 Å². The van der Waals surface area contributed by atoms with E-state index < -0.39 is 11.8 Å². The average molecular weight is 252 g/mol. The van der Waals surface area contributed by atoms with E-state index in [2.05, 4.69) is 11.9 Å². The van der Waals surface area contributed by atoms with E-state index in [-0.39, 0.29) is 11.4 Å². The summed E-state index contributed by atoms with van der Waals surface area (Å²) in [4.78, 5) is 16.8. The molecule has 1 fully saturated rings. The van der Waals surface area contributed by atoms with Crippen molar-refractivity contribution in [2.75, 3.05) is 11.4 Å². The number of rotatable bonds is 6. The SMILES string of the molecule is CCCCN(c1nccc(C(=O)O)c1F)C1CC1. The molecule has 18 heavy (non-hydrogen) atoms. The lowest BCUT2D eigenvalue weighted by molar-refractivity contribution is 0.0691. The molecule has 1 aliphatic carbocycles. The quantitative estimate of drug-likeness (QED) is 0.845. The summed E-state index contributed by atoms with van der Waals surface area (Å²) in [5, 5.41) is 8.92. The zero-order valence-corrected chi connectivity index (χ0v) is 10.4. The molecule has 1 aromatic rings. The second kappa shape index (κ2) is 5.33. The number of carboxylic acid groups (broad SMARTS) is 1. The van der Waals surface area contributed by atoms with Gasteiger partial charge in [-0.1, -0.05) is 13.3 Å². The zero-order chi connectivity index (χ0) is 13.1. The van der Waals surface area contributed by atoms with E-state index in [1.54, 1.807) is 0 Å². The summed E-state index contributed by atoms with van der Waals surface area (Å²) in [6, 6.07) is 1.52. The molecule has 0 aromatic carbocycles. The van der Waals surface area contributed by atoms with E-state index >= 15 is 0 Å². The number of carbonyl (C=O) groups is 1. The number of hydrogen-bond donors (Lipinski definition) is 1. The first-order valence-corrected chi connectivity index (χ1v) is 6.29. The summed E-state index contributed by atoms with van der Waals surface area (Å²) >= 11 is 0. The molecule has 4 nitrogen and oxygen atoms in total. The van der Waals surface area contributed by atoms with Gasteiger partial charge in [0.05, 0.1) is 0 Å². The first kappa shape index (κ1) is 12.8. The molecule has 1 saturated carbocycles. The first-order valence-electron chi connectivity index (χ1n) is 6.29. The maximum atomic E-state index is 14.1. The van der Waals surface area contributed by atoms with Gasteiger partial charge in [0.2, 0.25) is 0 Å². The molecular weight excluding hydrogens is 235 g/mol. The number of unbranched alkanes of at least 4 members (excludes halogenated alkanes) is 1. The molecule has 1 aliphatic rings. The number of nitrogens with zero attached hydrogens (tertiary/aromatic N) is 2. The number of halogens is 1. The predicted molar refractivity (Wildman–Crippen MR) is 66.4 cm³/mol. The molecule has 0 radical (unpaired) electrons. The molecule has 0 unspecified atom stereocenters. The molecule has 1 heterocycles. The number of aromatic carboxylic acids is 1. The van der Waals surface area contributed by atoms with Crippen molar-refractivity contribution in [2.24, 2.45) is 0 Å². The summed E-state index contributed by atoms with van der Waals surface area (Å²) in [6.07, 6.45) is 5.39. The number of aromatic nitrogens is 1. The fourth-order valence-electron chi connectivity index (χ4n) is 1.97. The summed E-state index contributed by atoms with van der Waals surface area (Å²) < 4.78 is 14.1. The van der Waals surface area contributed by atoms with Crippen LogP contribution in [-0.2, 0) is 0 Å². The monoisotopic (exact) mass is 252 g/mol. The molecule has 2 rings (SSSR count). The summed E-state index contributed by atoms with van der Waals surface area (Å²) in [7, 11) is 0. The molecule has 0 bridgehead atoms. The number of hydrogen-bond acceptors (Lipinski definition) is 3. The minimum Gasteiger partial charge on any atom is -0.478 e. The van der Waals surface area contributed by atoms with Crippen LogP contribution in [-0.4, -0.2) is 28.6 Å². The minimum absolute atomic E-state index is 0.186. The van der Waals surface area contributed by atoms with Gasteiger partial charge < -0.3 is 10.0 Å². The van der Waals surface area contributed by atoms with Gasteiger partial charge in [-0.05, 0) is 25.3 Å². The summed E-state index contributed by atoms with van der Waals surface area (Å²) in [5.74, 6) is -1.78. The van der Waals surface area contributed by atoms with Crippen LogP contribution >= 0.6 is 0 Å². The van der Waals surface area contributed by atoms with E-state index in [0.29, 0.717) is 6.04 Å². The summed E-state index contributed by atoms with van der Waals surface area (Å²) in [6.45, 7) is 2.80. The zero-order valence-electron chi connectivity index (χ0n) is 10.4. The Kier molecular flexibility index (Phi) is 3.79. The summed E-state index contributed by atoms with van der Waals surface area (Å²) in [5.41, 5.74) is -0.304. The molecule has 5 heteroatoms. The van der Waals surface area contributed by atoms with Crippen molar-refractivity contribution < 1.29 is 14.3 Å². The van der Waals surface area contributed by atoms with Gasteiger partial charge in [-0.2, -0.15) is 0 Å². The highest BCUT2D eigenvalue weighted by atomic mass is 19.1. The van der Waals surface area contributed by atoms with Gasteiger partial charge in [-0.3, -0.25) is 0 Å². The van der Waals surface area contributed by atoms with Gasteiger partial charge in [0.1, 0.15) is 5.56 Å². The highest BCUT2D eigenvalue weighted by Gasteiger charge is 2.32. The van der Waals surface area contributed by atoms with Crippen molar-refractivity contribution in [1.82, 2.24) is 4.98 Å². The molecule has 1 aromatic heterocycles. The highest BCUT2D eigenvalue weighted by Crippen LogP contribution is 2.32. The Labute approximate surface area is 105 Å². The van der Waals surface area contributed by atoms with Gasteiger partial charge in [-0.25, -0.2) is 14.2 Å². The molecule has 0 atom stereocenters. The smallest absolute Gasteiger partial charge is 0.338 e. The Morgan fingerprint density at radius 1 is 1.61 bits per heavy atom. The molecule has 98 valence electrons. The fraction of sp³-hybridized carbons (Fsp3) is 0.538. The maximum absolute atomic E-state index is 14.1. The van der Waals surface area contributed by atoms with Crippen molar-refractivity contribution in [3.8, 4) is 0 Å². The van der Waals surface area contributed by atoms with Crippen LogP contribution in [0.2, 0.25) is 0 Å². The van der Waals surface area contributed by atoms with E-state index in [1.807, 2.05) is 4.90 Å². The van der Waals surface area contributed by atoms with Crippen molar-refractivity contribution in [1.29, 1.82) is 0 Å². The van der Waals surface area contributed by atoms with Gasteiger partial charge in [0.15, 0.2) is 11.6 Å². The van der Waals surface area contributed by atoms with Crippen molar-refractivity contribution in [2.45, 2.75) is 38.6 Å². The third-order valence-corrected chi connectivity index (χ3v) is 3.11. The van der Waals surface area contributed by atoms with Gasteiger partial charge >= 0.3 is 5.97 Å². The lowest BCUT2D eigenvalue weighted by Gasteiger charge is -2.24. The third-order valence-electron chi connectivity index (χ3n) is 3.11. The van der Waals surface area contributed by atoms with Gasteiger partial charge in [-0.15, -0.1) is 0 Å². The van der Waals surface area contributed by atoms with Crippen LogP contribution in [0, 0.1) is 5.82 Å². The predicted octanol–water partition coefficient (Wildman–Crippen LogP) is 2.69.